The summed E-state index contributed by atoms with van der Waals surface area (Å²) in [6.45, 7) is 4.11. The van der Waals surface area contributed by atoms with E-state index in [0.29, 0.717) is 6.04 Å². The molecule has 1 aliphatic carbocycles. The van der Waals surface area contributed by atoms with Crippen LogP contribution in [0.15, 0.2) is 42.7 Å². The molecule has 0 unspecified atom stereocenters. The minimum Gasteiger partial charge on any atom is -0.475 e. The van der Waals surface area contributed by atoms with Crippen LogP contribution in [0.4, 0.5) is 30.7 Å². The predicted octanol–water partition coefficient (Wildman–Crippen LogP) is 4.13. The third kappa shape index (κ3) is 11.1. The fraction of sp³-hybridized carbons (Fsp3) is 0.542. The second-order valence-corrected chi connectivity index (χ2v) is 8.71. The van der Waals surface area contributed by atoms with Crippen molar-refractivity contribution < 1.29 is 60.0 Å². The van der Waals surface area contributed by atoms with Gasteiger partial charge in [0, 0.05) is 44.7 Å². The summed E-state index contributed by atoms with van der Waals surface area (Å²) in [5.41, 5.74) is 1.15. The second kappa shape index (κ2) is 14.9. The van der Waals surface area contributed by atoms with Gasteiger partial charge in [0.25, 0.3) is 0 Å². The van der Waals surface area contributed by atoms with E-state index in [1.54, 1.807) is 6.20 Å². The van der Waals surface area contributed by atoms with E-state index in [-0.39, 0.29) is 18.0 Å². The van der Waals surface area contributed by atoms with Gasteiger partial charge in [0.1, 0.15) is 5.82 Å². The number of halogens is 7. The van der Waals surface area contributed by atoms with Gasteiger partial charge in [-0.3, -0.25) is 9.58 Å². The number of rotatable bonds is 7. The molecule has 2 aromatic rings. The van der Waals surface area contributed by atoms with Crippen molar-refractivity contribution in [2.75, 3.05) is 19.8 Å². The van der Waals surface area contributed by atoms with Gasteiger partial charge in [-0.1, -0.05) is 12.1 Å². The fourth-order valence-electron chi connectivity index (χ4n) is 4.08. The molecule has 2 aliphatic rings. The topological polar surface area (TPSA) is 114 Å². The largest absolute Gasteiger partial charge is 0.490 e. The van der Waals surface area contributed by atoms with E-state index < -0.39 is 24.3 Å². The molecule has 1 saturated carbocycles. The van der Waals surface area contributed by atoms with Crippen LogP contribution in [0.2, 0.25) is 0 Å². The number of aliphatic carboxylic acids is 2. The number of carbonyl (C=O) groups is 2. The summed E-state index contributed by atoms with van der Waals surface area (Å²) < 4.78 is 90.7. The van der Waals surface area contributed by atoms with Crippen molar-refractivity contribution in [2.45, 2.75) is 63.0 Å². The number of hydrogen-bond donors (Lipinski definition) is 2. The molecule has 2 fully saturated rings. The first-order valence-electron chi connectivity index (χ1n) is 12.0. The maximum absolute atomic E-state index is 13.1. The second-order valence-electron chi connectivity index (χ2n) is 8.71. The molecule has 1 aromatic carbocycles. The number of carboxylic acids is 2. The normalized spacial score (nSPS) is 20.9. The molecule has 1 saturated heterocycles. The lowest BCUT2D eigenvalue weighted by Gasteiger charge is -2.39. The van der Waals surface area contributed by atoms with Crippen molar-refractivity contribution in [3.8, 4) is 0 Å². The zero-order chi connectivity index (χ0) is 29.9. The highest BCUT2D eigenvalue weighted by Gasteiger charge is 2.43. The van der Waals surface area contributed by atoms with E-state index >= 15 is 0 Å². The lowest BCUT2D eigenvalue weighted by molar-refractivity contribution is -0.193. The van der Waals surface area contributed by atoms with Crippen molar-refractivity contribution >= 4 is 11.9 Å². The number of aromatic nitrogens is 2. The number of aryl methyl sites for hydroxylation is 1. The molecule has 3 atom stereocenters. The van der Waals surface area contributed by atoms with Crippen LogP contribution in [-0.4, -0.2) is 87.2 Å². The number of ether oxygens (including phenoxy) is 2. The Balaban J connectivity index is 0.000000333. The van der Waals surface area contributed by atoms with Crippen molar-refractivity contribution in [1.29, 1.82) is 0 Å². The fourth-order valence-corrected chi connectivity index (χ4v) is 4.08. The Hall–Kier alpha value is -3.24. The minimum absolute atomic E-state index is 0.147. The van der Waals surface area contributed by atoms with Crippen LogP contribution in [0.25, 0.3) is 0 Å². The molecule has 0 bridgehead atoms. The van der Waals surface area contributed by atoms with Gasteiger partial charge in [-0.25, -0.2) is 14.0 Å². The third-order valence-corrected chi connectivity index (χ3v) is 5.86. The summed E-state index contributed by atoms with van der Waals surface area (Å²) >= 11 is 0. The monoisotopic (exact) mass is 587 g/mol. The van der Waals surface area contributed by atoms with Crippen LogP contribution >= 0.6 is 0 Å². The maximum atomic E-state index is 13.1. The molecule has 40 heavy (non-hydrogen) atoms. The highest BCUT2D eigenvalue weighted by atomic mass is 19.4. The minimum atomic E-state index is -5.08. The summed E-state index contributed by atoms with van der Waals surface area (Å²) in [5, 5.41) is 18.5. The Bertz CT molecular complexity index is 1020. The molecule has 0 amide bonds. The Labute approximate surface area is 224 Å². The first-order chi connectivity index (χ1) is 18.7. The zero-order valence-corrected chi connectivity index (χ0v) is 20.9. The van der Waals surface area contributed by atoms with Crippen LogP contribution in [0, 0.1) is 5.82 Å². The summed E-state index contributed by atoms with van der Waals surface area (Å²) in [4.78, 5) is 20.3. The third-order valence-electron chi connectivity index (χ3n) is 5.86. The molecule has 4 rings (SSSR count). The number of hydrogen-bond acceptors (Lipinski definition) is 6. The van der Waals surface area contributed by atoms with E-state index in [1.165, 1.54) is 12.1 Å². The number of carboxylic acid groups (broad SMARTS) is 2. The van der Waals surface area contributed by atoms with Crippen LogP contribution in [0.1, 0.15) is 24.8 Å². The van der Waals surface area contributed by atoms with Gasteiger partial charge in [0.05, 0.1) is 18.8 Å². The Morgan fingerprint density at radius 1 is 1.02 bits per heavy atom. The average Bonchev–Trinajstić information content (AvgIpc) is 3.53. The van der Waals surface area contributed by atoms with Gasteiger partial charge >= 0.3 is 24.3 Å². The smallest absolute Gasteiger partial charge is 0.475 e. The van der Waals surface area contributed by atoms with Crippen LogP contribution < -0.4 is 0 Å². The van der Waals surface area contributed by atoms with Gasteiger partial charge in [0.2, 0.25) is 0 Å². The molecule has 0 radical (unpaired) electrons. The quantitative estimate of drug-likeness (QED) is 0.368. The molecule has 16 heteroatoms. The summed E-state index contributed by atoms with van der Waals surface area (Å²) in [5.74, 6) is -5.70. The first-order valence-corrected chi connectivity index (χ1v) is 12.0. The van der Waals surface area contributed by atoms with Gasteiger partial charge in [-0.15, -0.1) is 0 Å². The van der Waals surface area contributed by atoms with Crippen molar-refractivity contribution in [3.63, 3.8) is 0 Å². The molecule has 9 nitrogen and oxygen atoms in total. The Morgan fingerprint density at radius 2 is 1.62 bits per heavy atom. The van der Waals surface area contributed by atoms with Crippen molar-refractivity contribution in [1.82, 2.24) is 14.7 Å². The molecule has 2 N–H and O–H groups in total. The van der Waals surface area contributed by atoms with Crippen LogP contribution in [0.5, 0.6) is 0 Å². The standard InChI is InChI=1S/C20H26FN3O2.2C2HF3O2/c21-17-5-3-16(4-6-17)15-23-12-14-26-20-18(23)7-8-19(20)25-13-2-11-24-10-1-9-22-24;2*3-2(4,5)1(6)7/h1,3-6,9-10,18-20H,2,7-8,11-15H2;2*(H,6,7)/t18-,19+,20+;;/m0../s1. The van der Waals surface area contributed by atoms with Crippen LogP contribution in [-0.2, 0) is 32.2 Å². The summed E-state index contributed by atoms with van der Waals surface area (Å²) in [6.07, 6.45) is -2.99. The van der Waals surface area contributed by atoms with E-state index in [2.05, 4.69) is 10.00 Å². The SMILES string of the molecule is Fc1ccc(CN2CCO[C@H]3[C@H](OCCCn4cccn4)CC[C@@H]32)cc1.O=C(O)C(F)(F)F.O=C(O)C(F)(F)F. The van der Waals surface area contributed by atoms with E-state index in [1.807, 2.05) is 29.1 Å². The molecule has 1 aromatic heterocycles. The van der Waals surface area contributed by atoms with Gasteiger partial charge in [-0.2, -0.15) is 31.4 Å². The lowest BCUT2D eigenvalue weighted by atomic mass is 10.1. The predicted molar refractivity (Wildman–Crippen MR) is 124 cm³/mol. The molecular formula is C24H28F7N3O6. The highest BCUT2D eigenvalue weighted by Crippen LogP contribution is 2.33. The van der Waals surface area contributed by atoms with Crippen molar-refractivity contribution in [3.05, 3.63) is 54.1 Å². The van der Waals surface area contributed by atoms with E-state index in [4.69, 9.17) is 29.3 Å². The molecule has 0 spiro atoms. The number of fused-ring (bicyclic) bond motifs is 1. The summed E-state index contributed by atoms with van der Waals surface area (Å²) in [7, 11) is 0. The zero-order valence-electron chi connectivity index (χ0n) is 20.9. The number of alkyl halides is 6. The van der Waals surface area contributed by atoms with Gasteiger partial charge in [-0.05, 0) is 43.0 Å². The highest BCUT2D eigenvalue weighted by molar-refractivity contribution is 5.73. The van der Waals surface area contributed by atoms with Gasteiger partial charge < -0.3 is 19.7 Å². The lowest BCUT2D eigenvalue weighted by Crippen LogP contribution is -2.51. The van der Waals surface area contributed by atoms with E-state index in [0.717, 1.165) is 57.7 Å². The Kier molecular flexibility index (Phi) is 12.3. The van der Waals surface area contributed by atoms with E-state index in [9.17, 15) is 30.7 Å². The maximum Gasteiger partial charge on any atom is 0.490 e. The van der Waals surface area contributed by atoms with Gasteiger partial charge in [0.15, 0.2) is 0 Å². The molecular weight excluding hydrogens is 559 g/mol. The van der Waals surface area contributed by atoms with Crippen molar-refractivity contribution in [2.24, 2.45) is 0 Å². The number of morpholine rings is 1. The Morgan fingerprint density at radius 3 is 2.15 bits per heavy atom. The average molecular weight is 587 g/mol. The summed E-state index contributed by atoms with van der Waals surface area (Å²) in [6, 6.07) is 9.15. The molecule has 224 valence electrons. The first kappa shape index (κ1) is 33.0. The number of nitrogens with zero attached hydrogens (tertiary/aromatic N) is 3. The molecule has 2 heterocycles. The number of benzene rings is 1. The molecule has 1 aliphatic heterocycles. The van der Waals surface area contributed by atoms with Crippen LogP contribution in [0.3, 0.4) is 0 Å².